The monoisotopic (exact) mass is 477 g/mol. The molecule has 2 aromatic rings. The molecule has 4 rings (SSSR count). The molecule has 35 heavy (non-hydrogen) atoms. The molecule has 1 saturated heterocycles. The van der Waals surface area contributed by atoms with Crippen LogP contribution in [0.15, 0.2) is 65.9 Å². The van der Waals surface area contributed by atoms with Gasteiger partial charge in [0, 0.05) is 18.7 Å². The Bertz CT molecular complexity index is 1160. The van der Waals surface area contributed by atoms with Gasteiger partial charge in [-0.1, -0.05) is 48.0 Å². The Morgan fingerprint density at radius 2 is 1.74 bits per heavy atom. The first-order chi connectivity index (χ1) is 16.9. The third-order valence-electron chi connectivity index (χ3n) is 5.94. The number of urea groups is 1. The van der Waals surface area contributed by atoms with Crippen molar-refractivity contribution in [1.82, 2.24) is 10.6 Å². The lowest BCUT2D eigenvalue weighted by Crippen LogP contribution is -2.47. The van der Waals surface area contributed by atoms with E-state index >= 15 is 0 Å². The van der Waals surface area contributed by atoms with E-state index in [2.05, 4.69) is 10.6 Å². The van der Waals surface area contributed by atoms with Crippen molar-refractivity contribution >= 4 is 29.6 Å². The highest BCUT2D eigenvalue weighted by Gasteiger charge is 2.38. The molecule has 2 N–H and O–H groups in total. The van der Waals surface area contributed by atoms with Gasteiger partial charge in [0.2, 0.25) is 5.91 Å². The van der Waals surface area contributed by atoms with Gasteiger partial charge in [-0.2, -0.15) is 0 Å². The Kier molecular flexibility index (Phi) is 7.14. The zero-order valence-corrected chi connectivity index (χ0v) is 19.6. The van der Waals surface area contributed by atoms with E-state index in [-0.39, 0.29) is 43.4 Å². The Labute approximate surface area is 203 Å². The van der Waals surface area contributed by atoms with Crippen LogP contribution in [0.5, 0.6) is 0 Å². The molecule has 9 heteroatoms. The van der Waals surface area contributed by atoms with Gasteiger partial charge in [-0.25, -0.2) is 9.59 Å². The van der Waals surface area contributed by atoms with Crippen LogP contribution in [0.3, 0.4) is 0 Å². The summed E-state index contributed by atoms with van der Waals surface area (Å²) in [5.41, 5.74) is 2.78. The van der Waals surface area contributed by atoms with Crippen molar-refractivity contribution in [3.63, 3.8) is 0 Å². The zero-order chi connectivity index (χ0) is 24.9. The second-order valence-corrected chi connectivity index (χ2v) is 8.40. The Balaban J connectivity index is 1.51. The molecule has 0 radical (unpaired) electrons. The number of anilines is 1. The summed E-state index contributed by atoms with van der Waals surface area (Å²) in [6, 6.07) is 15.2. The number of hydrogen-bond donors (Lipinski definition) is 2. The van der Waals surface area contributed by atoms with Crippen molar-refractivity contribution in [3.05, 3.63) is 77.0 Å². The molecule has 1 fully saturated rings. The Hall–Kier alpha value is -4.14. The predicted molar refractivity (Wildman–Crippen MR) is 127 cm³/mol. The summed E-state index contributed by atoms with van der Waals surface area (Å²) in [6.45, 7) is 3.65. The van der Waals surface area contributed by atoms with Crippen LogP contribution in [0.1, 0.15) is 30.5 Å². The number of carbonyl (C=O) groups is 4. The molecule has 2 aliphatic rings. The maximum absolute atomic E-state index is 12.8. The SMILES string of the molecule is CCOC(=O)C1=C(COC(=O)C2CC(=O)N(c3ccc(C)cc3)C2)NC(=O)NC1c1ccccc1. The van der Waals surface area contributed by atoms with Crippen LogP contribution in [0.4, 0.5) is 10.5 Å². The first-order valence-corrected chi connectivity index (χ1v) is 11.4. The maximum atomic E-state index is 12.8. The number of aryl methyl sites for hydroxylation is 1. The summed E-state index contributed by atoms with van der Waals surface area (Å²) in [4.78, 5) is 52.1. The number of amides is 3. The summed E-state index contributed by atoms with van der Waals surface area (Å²) in [5, 5.41) is 5.30. The summed E-state index contributed by atoms with van der Waals surface area (Å²) in [7, 11) is 0. The van der Waals surface area contributed by atoms with E-state index in [1.54, 1.807) is 36.1 Å². The number of nitrogens with zero attached hydrogens (tertiary/aromatic N) is 1. The van der Waals surface area contributed by atoms with Crippen LogP contribution in [-0.2, 0) is 23.9 Å². The number of esters is 2. The minimum Gasteiger partial charge on any atom is -0.463 e. The minimum absolute atomic E-state index is 0.0248. The van der Waals surface area contributed by atoms with Crippen LogP contribution < -0.4 is 15.5 Å². The highest BCUT2D eigenvalue weighted by atomic mass is 16.5. The lowest BCUT2D eigenvalue weighted by atomic mass is 9.95. The predicted octanol–water partition coefficient (Wildman–Crippen LogP) is 2.76. The average Bonchev–Trinajstić information content (AvgIpc) is 3.25. The summed E-state index contributed by atoms with van der Waals surface area (Å²) in [6.07, 6.45) is 0.0248. The third-order valence-corrected chi connectivity index (χ3v) is 5.94. The van der Waals surface area contributed by atoms with Gasteiger partial charge < -0.3 is 25.0 Å². The van der Waals surface area contributed by atoms with Gasteiger partial charge in [0.15, 0.2) is 0 Å². The van der Waals surface area contributed by atoms with E-state index in [4.69, 9.17) is 9.47 Å². The van der Waals surface area contributed by atoms with Gasteiger partial charge in [0.05, 0.1) is 29.8 Å². The van der Waals surface area contributed by atoms with Crippen molar-refractivity contribution < 1.29 is 28.7 Å². The van der Waals surface area contributed by atoms with Crippen molar-refractivity contribution in [3.8, 4) is 0 Å². The number of hydrogen-bond acceptors (Lipinski definition) is 6. The molecular formula is C26H27N3O6. The first-order valence-electron chi connectivity index (χ1n) is 11.4. The van der Waals surface area contributed by atoms with Crippen LogP contribution in [0.2, 0.25) is 0 Å². The fraction of sp³-hybridized carbons (Fsp3) is 0.308. The minimum atomic E-state index is -0.761. The van der Waals surface area contributed by atoms with Crippen molar-refractivity contribution in [2.24, 2.45) is 5.92 Å². The van der Waals surface area contributed by atoms with E-state index in [9.17, 15) is 19.2 Å². The normalized spacial score (nSPS) is 19.8. The molecule has 2 unspecified atom stereocenters. The fourth-order valence-electron chi connectivity index (χ4n) is 4.18. The van der Waals surface area contributed by atoms with E-state index in [0.717, 1.165) is 11.3 Å². The van der Waals surface area contributed by atoms with Crippen LogP contribution in [0.25, 0.3) is 0 Å². The molecule has 2 aliphatic heterocycles. The summed E-state index contributed by atoms with van der Waals surface area (Å²) in [5.74, 6) is -2.02. The molecule has 0 aliphatic carbocycles. The van der Waals surface area contributed by atoms with E-state index in [0.29, 0.717) is 5.56 Å². The highest BCUT2D eigenvalue weighted by Crippen LogP contribution is 2.29. The fourth-order valence-corrected chi connectivity index (χ4v) is 4.18. The molecule has 0 saturated carbocycles. The number of nitrogens with one attached hydrogen (secondary N) is 2. The van der Waals surface area contributed by atoms with Crippen molar-refractivity contribution in [2.75, 3.05) is 24.7 Å². The number of benzene rings is 2. The Morgan fingerprint density at radius 1 is 1.03 bits per heavy atom. The lowest BCUT2D eigenvalue weighted by molar-refractivity contribution is -0.147. The molecule has 2 aromatic carbocycles. The van der Waals surface area contributed by atoms with Gasteiger partial charge in [0.1, 0.15) is 6.61 Å². The molecule has 182 valence electrons. The van der Waals surface area contributed by atoms with E-state index in [1.165, 1.54) is 0 Å². The van der Waals surface area contributed by atoms with Gasteiger partial charge in [-0.15, -0.1) is 0 Å². The van der Waals surface area contributed by atoms with E-state index < -0.39 is 29.9 Å². The molecule has 9 nitrogen and oxygen atoms in total. The molecule has 2 atom stereocenters. The van der Waals surface area contributed by atoms with Gasteiger partial charge in [-0.05, 0) is 31.5 Å². The topological polar surface area (TPSA) is 114 Å². The zero-order valence-electron chi connectivity index (χ0n) is 19.6. The molecule has 0 spiro atoms. The quantitative estimate of drug-likeness (QED) is 0.593. The maximum Gasteiger partial charge on any atom is 0.338 e. The number of ether oxygens (including phenoxy) is 2. The van der Waals surface area contributed by atoms with Crippen LogP contribution in [-0.4, -0.2) is 43.6 Å². The summed E-state index contributed by atoms with van der Waals surface area (Å²) >= 11 is 0. The second kappa shape index (κ2) is 10.4. The molecule has 2 heterocycles. The second-order valence-electron chi connectivity index (χ2n) is 8.40. The van der Waals surface area contributed by atoms with Gasteiger partial charge in [-0.3, -0.25) is 9.59 Å². The molecule has 3 amide bonds. The average molecular weight is 478 g/mol. The van der Waals surface area contributed by atoms with Crippen LogP contribution in [0, 0.1) is 12.8 Å². The molecule has 0 bridgehead atoms. The third kappa shape index (κ3) is 5.34. The Morgan fingerprint density at radius 3 is 2.43 bits per heavy atom. The first kappa shape index (κ1) is 24.0. The van der Waals surface area contributed by atoms with Crippen LogP contribution >= 0.6 is 0 Å². The smallest absolute Gasteiger partial charge is 0.338 e. The number of carbonyl (C=O) groups excluding carboxylic acids is 4. The number of rotatable bonds is 7. The largest absolute Gasteiger partial charge is 0.463 e. The van der Waals surface area contributed by atoms with Crippen molar-refractivity contribution in [1.29, 1.82) is 0 Å². The van der Waals surface area contributed by atoms with Gasteiger partial charge in [0.25, 0.3) is 0 Å². The highest BCUT2D eigenvalue weighted by molar-refractivity contribution is 5.99. The van der Waals surface area contributed by atoms with Crippen molar-refractivity contribution in [2.45, 2.75) is 26.3 Å². The standard InChI is InChI=1S/C26H27N3O6/c1-3-34-25(32)22-20(27-26(33)28-23(22)17-7-5-4-6-8-17)15-35-24(31)18-13-21(30)29(14-18)19-11-9-16(2)10-12-19/h4-12,18,23H,3,13-15H2,1-2H3,(H2,27,28,33). The molecular weight excluding hydrogens is 450 g/mol. The van der Waals surface area contributed by atoms with Gasteiger partial charge >= 0.3 is 18.0 Å². The summed E-state index contributed by atoms with van der Waals surface area (Å²) < 4.78 is 10.7. The lowest BCUT2D eigenvalue weighted by Gasteiger charge is -2.29. The molecule has 0 aromatic heterocycles. The van der Waals surface area contributed by atoms with E-state index in [1.807, 2.05) is 37.3 Å².